The third-order valence-corrected chi connectivity index (χ3v) is 5.41. The summed E-state index contributed by atoms with van der Waals surface area (Å²) < 4.78 is 5.30. The number of non-ortho nitro benzene ring substituents is 1. The van der Waals surface area contributed by atoms with Crippen LogP contribution in [0.2, 0.25) is 0 Å². The Labute approximate surface area is 170 Å². The molecule has 1 atom stereocenters. The molecule has 1 aliphatic heterocycles. The average molecular weight is 398 g/mol. The van der Waals surface area contributed by atoms with E-state index in [-0.39, 0.29) is 23.5 Å². The van der Waals surface area contributed by atoms with E-state index in [1.165, 1.54) is 12.1 Å². The first-order valence-corrected chi connectivity index (χ1v) is 9.86. The zero-order chi connectivity index (χ0) is 21.3. The number of hydrogen-bond acceptors (Lipinski definition) is 6. The SMILES string of the molecule is CCOC(=O)C1=C(CC)NC2=C(C(=O)CC(C)(C)C2)C1c1ccc([N+](=O)[O-])cc1. The lowest BCUT2D eigenvalue weighted by Gasteiger charge is -2.39. The minimum absolute atomic E-state index is 0.0101. The third-order valence-electron chi connectivity index (χ3n) is 5.41. The fraction of sp³-hybridized carbons (Fsp3) is 0.455. The maximum absolute atomic E-state index is 13.1. The number of hydrogen-bond donors (Lipinski definition) is 1. The van der Waals surface area contributed by atoms with Crippen molar-refractivity contribution >= 4 is 17.4 Å². The molecule has 0 bridgehead atoms. The zero-order valence-electron chi connectivity index (χ0n) is 17.2. The van der Waals surface area contributed by atoms with Gasteiger partial charge < -0.3 is 10.1 Å². The summed E-state index contributed by atoms with van der Waals surface area (Å²) in [6.07, 6.45) is 1.65. The van der Waals surface area contributed by atoms with Crippen molar-refractivity contribution in [2.45, 2.75) is 52.9 Å². The number of carbonyl (C=O) groups is 2. The molecular formula is C22H26N2O5. The first kappa shape index (κ1) is 20.8. The van der Waals surface area contributed by atoms with Crippen molar-refractivity contribution < 1.29 is 19.2 Å². The fourth-order valence-corrected chi connectivity index (χ4v) is 4.20. The predicted molar refractivity (Wildman–Crippen MR) is 108 cm³/mol. The van der Waals surface area contributed by atoms with Crippen LogP contribution < -0.4 is 5.32 Å². The van der Waals surface area contributed by atoms with E-state index in [1.54, 1.807) is 19.1 Å². The van der Waals surface area contributed by atoms with Crippen LogP contribution in [0.5, 0.6) is 0 Å². The second-order valence-corrected chi connectivity index (χ2v) is 8.21. The van der Waals surface area contributed by atoms with Crippen molar-refractivity contribution in [1.29, 1.82) is 0 Å². The van der Waals surface area contributed by atoms with Gasteiger partial charge in [0.25, 0.3) is 5.69 Å². The van der Waals surface area contributed by atoms with Crippen LogP contribution in [0.4, 0.5) is 5.69 Å². The van der Waals surface area contributed by atoms with Gasteiger partial charge in [-0.15, -0.1) is 0 Å². The summed E-state index contributed by atoms with van der Waals surface area (Å²) in [5.41, 5.74) is 3.00. The van der Waals surface area contributed by atoms with Crippen LogP contribution in [-0.4, -0.2) is 23.3 Å². The van der Waals surface area contributed by atoms with Gasteiger partial charge >= 0.3 is 5.97 Å². The highest BCUT2D eigenvalue weighted by Crippen LogP contribution is 2.47. The van der Waals surface area contributed by atoms with E-state index in [4.69, 9.17) is 4.74 Å². The Morgan fingerprint density at radius 2 is 1.90 bits per heavy atom. The monoisotopic (exact) mass is 398 g/mol. The number of benzene rings is 1. The molecule has 7 heteroatoms. The molecule has 2 aliphatic rings. The number of nitrogens with zero attached hydrogens (tertiary/aromatic N) is 1. The molecular weight excluding hydrogens is 372 g/mol. The summed E-state index contributed by atoms with van der Waals surface area (Å²) in [5, 5.41) is 14.4. The molecule has 0 spiro atoms. The molecule has 3 rings (SSSR count). The molecule has 29 heavy (non-hydrogen) atoms. The Morgan fingerprint density at radius 3 is 2.45 bits per heavy atom. The van der Waals surface area contributed by atoms with Crippen molar-refractivity contribution in [3.8, 4) is 0 Å². The number of rotatable bonds is 5. The van der Waals surface area contributed by atoms with Crippen LogP contribution >= 0.6 is 0 Å². The summed E-state index contributed by atoms with van der Waals surface area (Å²) in [6, 6.07) is 6.06. The number of Topliss-reactive ketones (excluding diaryl/α,β-unsaturated/α-hetero) is 1. The molecule has 0 amide bonds. The maximum atomic E-state index is 13.1. The first-order chi connectivity index (χ1) is 13.7. The molecule has 1 unspecified atom stereocenters. The molecule has 0 aromatic heterocycles. The third kappa shape index (κ3) is 3.95. The van der Waals surface area contributed by atoms with Crippen molar-refractivity contribution in [2.24, 2.45) is 5.41 Å². The Balaban J connectivity index is 2.19. The molecule has 1 aliphatic carbocycles. The van der Waals surface area contributed by atoms with Gasteiger partial charge in [0.1, 0.15) is 0 Å². The van der Waals surface area contributed by atoms with Crippen LogP contribution in [0.25, 0.3) is 0 Å². The van der Waals surface area contributed by atoms with Gasteiger partial charge in [0, 0.05) is 41.4 Å². The van der Waals surface area contributed by atoms with Crippen molar-refractivity contribution in [2.75, 3.05) is 6.61 Å². The summed E-state index contributed by atoms with van der Waals surface area (Å²) >= 11 is 0. The molecule has 0 saturated carbocycles. The van der Waals surface area contributed by atoms with Crippen LogP contribution in [0.15, 0.2) is 46.8 Å². The van der Waals surface area contributed by atoms with Gasteiger partial charge in [-0.3, -0.25) is 14.9 Å². The number of esters is 1. The summed E-state index contributed by atoms with van der Waals surface area (Å²) in [5.74, 6) is -1.07. The minimum atomic E-state index is -0.593. The van der Waals surface area contributed by atoms with Gasteiger partial charge in [-0.1, -0.05) is 32.9 Å². The first-order valence-electron chi connectivity index (χ1n) is 9.86. The minimum Gasteiger partial charge on any atom is -0.463 e. The largest absolute Gasteiger partial charge is 0.463 e. The van der Waals surface area contributed by atoms with Gasteiger partial charge in [-0.2, -0.15) is 0 Å². The summed E-state index contributed by atoms with van der Waals surface area (Å²) in [6.45, 7) is 8.00. The number of allylic oxidation sites excluding steroid dienone is 3. The lowest BCUT2D eigenvalue weighted by molar-refractivity contribution is -0.384. The highest BCUT2D eigenvalue weighted by Gasteiger charge is 2.43. The smallest absolute Gasteiger partial charge is 0.336 e. The Bertz CT molecular complexity index is 925. The molecule has 1 N–H and O–H groups in total. The van der Waals surface area contributed by atoms with E-state index in [9.17, 15) is 19.7 Å². The molecule has 0 radical (unpaired) electrons. The predicted octanol–water partition coefficient (Wildman–Crippen LogP) is 4.15. The molecule has 0 saturated heterocycles. The number of ether oxygens (including phenoxy) is 1. The van der Waals surface area contributed by atoms with Crippen LogP contribution in [0.1, 0.15) is 58.4 Å². The lowest BCUT2D eigenvalue weighted by Crippen LogP contribution is -2.39. The van der Waals surface area contributed by atoms with Crippen LogP contribution in [0, 0.1) is 15.5 Å². The quantitative estimate of drug-likeness (QED) is 0.454. The highest BCUT2D eigenvalue weighted by atomic mass is 16.6. The van der Waals surface area contributed by atoms with Gasteiger partial charge in [-0.25, -0.2) is 4.79 Å². The summed E-state index contributed by atoms with van der Waals surface area (Å²) in [4.78, 5) is 36.6. The van der Waals surface area contributed by atoms with Gasteiger partial charge in [-0.05, 0) is 30.7 Å². The summed E-state index contributed by atoms with van der Waals surface area (Å²) in [7, 11) is 0. The number of carbonyl (C=O) groups excluding carboxylic acids is 2. The van der Waals surface area contributed by atoms with E-state index < -0.39 is 16.8 Å². The highest BCUT2D eigenvalue weighted by molar-refractivity contribution is 6.04. The Kier molecular flexibility index (Phi) is 5.59. The molecule has 154 valence electrons. The number of nitro benzene ring substituents is 1. The van der Waals surface area contributed by atoms with E-state index in [0.717, 1.165) is 11.4 Å². The molecule has 0 fully saturated rings. The van der Waals surface area contributed by atoms with Crippen molar-refractivity contribution in [3.63, 3.8) is 0 Å². The standard InChI is InChI=1S/C22H26N2O5/c1-5-15-20(21(26)29-6-2)18(13-7-9-14(10-8-13)24(27)28)19-16(23-15)11-22(3,4)12-17(19)25/h7-10,18,23H,5-6,11-12H2,1-4H3. The second-order valence-electron chi connectivity index (χ2n) is 8.21. The van der Waals surface area contributed by atoms with Crippen molar-refractivity contribution in [3.05, 3.63) is 62.5 Å². The Morgan fingerprint density at radius 1 is 1.24 bits per heavy atom. The van der Waals surface area contributed by atoms with Gasteiger partial charge in [0.2, 0.25) is 0 Å². The van der Waals surface area contributed by atoms with Gasteiger partial charge in [0.15, 0.2) is 5.78 Å². The van der Waals surface area contributed by atoms with E-state index >= 15 is 0 Å². The van der Waals surface area contributed by atoms with E-state index in [1.807, 2.05) is 20.8 Å². The van der Waals surface area contributed by atoms with E-state index in [2.05, 4.69) is 5.32 Å². The molecule has 1 aromatic carbocycles. The normalized spacial score (nSPS) is 20.8. The molecule has 1 aromatic rings. The Hall–Kier alpha value is -2.96. The van der Waals surface area contributed by atoms with Gasteiger partial charge in [0.05, 0.1) is 17.1 Å². The van der Waals surface area contributed by atoms with Crippen LogP contribution in [-0.2, 0) is 14.3 Å². The molecule has 7 nitrogen and oxygen atoms in total. The number of nitro groups is 1. The lowest BCUT2D eigenvalue weighted by atomic mass is 9.68. The maximum Gasteiger partial charge on any atom is 0.336 e. The zero-order valence-corrected chi connectivity index (χ0v) is 17.2. The van der Waals surface area contributed by atoms with Crippen molar-refractivity contribution in [1.82, 2.24) is 5.32 Å². The average Bonchev–Trinajstić information content (AvgIpc) is 2.65. The topological polar surface area (TPSA) is 98.5 Å². The number of nitrogens with one attached hydrogen (secondary N) is 1. The van der Waals surface area contributed by atoms with E-state index in [0.29, 0.717) is 36.0 Å². The van der Waals surface area contributed by atoms with Crippen LogP contribution in [0.3, 0.4) is 0 Å². The molecule has 1 heterocycles. The second kappa shape index (κ2) is 7.81. The number of dihydropyridines is 1. The fourth-order valence-electron chi connectivity index (χ4n) is 4.20. The number of ketones is 1.